The van der Waals surface area contributed by atoms with Crippen molar-refractivity contribution in [1.29, 1.82) is 0 Å². The Kier molecular flexibility index (Phi) is 6.28. The first-order valence-electron chi connectivity index (χ1n) is 7.08. The molecule has 10 heteroatoms. The molecule has 1 amide bonds. The minimum absolute atomic E-state index is 0.0607. The lowest BCUT2D eigenvalue weighted by molar-refractivity contribution is -0.137. The van der Waals surface area contributed by atoms with E-state index in [-0.39, 0.29) is 24.3 Å². The van der Waals surface area contributed by atoms with Crippen LogP contribution in [0.5, 0.6) is 0 Å². The van der Waals surface area contributed by atoms with Crippen molar-refractivity contribution in [3.63, 3.8) is 0 Å². The summed E-state index contributed by atoms with van der Waals surface area (Å²) in [6.45, 7) is 4.80. The summed E-state index contributed by atoms with van der Waals surface area (Å²) in [5.41, 5.74) is 0.829. The molecule has 1 heterocycles. The molecule has 0 aliphatic carbocycles. The van der Waals surface area contributed by atoms with Crippen LogP contribution in [-0.2, 0) is 26.7 Å². The lowest BCUT2D eigenvalue weighted by atomic mass is 10.3. The van der Waals surface area contributed by atoms with Crippen LogP contribution >= 0.6 is 0 Å². The monoisotopic (exact) mass is 346 g/mol. The van der Waals surface area contributed by atoms with Gasteiger partial charge in [-0.2, -0.15) is 9.82 Å². The Balaban J connectivity index is 2.70. The molecule has 1 rings (SSSR count). The molecule has 1 unspecified atom stereocenters. The maximum Gasteiger partial charge on any atom is 0.303 e. The smallest absolute Gasteiger partial charge is 0.303 e. The zero-order valence-corrected chi connectivity index (χ0v) is 14.4. The number of carboxylic acid groups (broad SMARTS) is 1. The number of amides is 1. The number of aliphatic carboxylic acids is 1. The molecule has 3 N–H and O–H groups in total. The average Bonchev–Trinajstić information content (AvgIpc) is 2.67. The maximum atomic E-state index is 12.4. The number of carboxylic acids is 1. The molecule has 0 aromatic carbocycles. The number of rotatable bonds is 8. The van der Waals surface area contributed by atoms with Crippen molar-refractivity contribution in [2.24, 2.45) is 7.05 Å². The highest BCUT2D eigenvalue weighted by molar-refractivity contribution is 7.89. The number of nitrogens with one attached hydrogen (secondary N) is 2. The number of hydrogen-bond donors (Lipinski definition) is 3. The molecule has 0 fully saturated rings. The molecule has 1 atom stereocenters. The van der Waals surface area contributed by atoms with Crippen LogP contribution in [0.4, 0.5) is 0 Å². The fraction of sp³-hybridized carbons (Fsp3) is 0.615. The lowest BCUT2D eigenvalue weighted by Gasteiger charge is -2.14. The first-order chi connectivity index (χ1) is 10.6. The Hall–Kier alpha value is -1.94. The Bertz CT molecular complexity index is 695. The largest absolute Gasteiger partial charge is 0.481 e. The summed E-state index contributed by atoms with van der Waals surface area (Å²) in [4.78, 5) is 22.3. The minimum Gasteiger partial charge on any atom is -0.481 e. The van der Waals surface area contributed by atoms with E-state index in [1.54, 1.807) is 20.9 Å². The van der Waals surface area contributed by atoms with Gasteiger partial charge in [0.15, 0.2) is 0 Å². The van der Waals surface area contributed by atoms with Crippen molar-refractivity contribution in [3.8, 4) is 0 Å². The number of carbonyl (C=O) groups is 2. The Morgan fingerprint density at radius 2 is 1.96 bits per heavy atom. The van der Waals surface area contributed by atoms with E-state index in [9.17, 15) is 18.0 Å². The molecule has 0 bridgehead atoms. The van der Waals surface area contributed by atoms with Gasteiger partial charge in [0.25, 0.3) is 0 Å². The summed E-state index contributed by atoms with van der Waals surface area (Å²) >= 11 is 0. The number of hydrogen-bond acceptors (Lipinski definition) is 5. The zero-order chi connectivity index (χ0) is 17.8. The quantitative estimate of drug-likeness (QED) is 0.553. The summed E-state index contributed by atoms with van der Waals surface area (Å²) in [6.07, 6.45) is 0.218. The summed E-state index contributed by atoms with van der Waals surface area (Å²) < 4.78 is 28.6. The third-order valence-corrected chi connectivity index (χ3v) is 5.10. The van der Waals surface area contributed by atoms with E-state index in [1.807, 2.05) is 0 Å². The van der Waals surface area contributed by atoms with E-state index >= 15 is 0 Å². The summed E-state index contributed by atoms with van der Waals surface area (Å²) in [5, 5.41) is 15.1. The van der Waals surface area contributed by atoms with E-state index < -0.39 is 27.9 Å². The van der Waals surface area contributed by atoms with Gasteiger partial charge in [0.05, 0.1) is 17.4 Å². The Labute approximate surface area is 135 Å². The molecule has 0 saturated heterocycles. The van der Waals surface area contributed by atoms with E-state index in [4.69, 9.17) is 5.11 Å². The highest BCUT2D eigenvalue weighted by Crippen LogP contribution is 2.18. The molecule has 0 spiro atoms. The number of sulfonamides is 1. The van der Waals surface area contributed by atoms with Crippen molar-refractivity contribution in [2.45, 2.75) is 44.6 Å². The second kappa shape index (κ2) is 7.55. The van der Waals surface area contributed by atoms with E-state index in [1.165, 1.54) is 11.6 Å². The van der Waals surface area contributed by atoms with Crippen molar-refractivity contribution in [1.82, 2.24) is 19.8 Å². The third-order valence-electron chi connectivity index (χ3n) is 3.30. The van der Waals surface area contributed by atoms with Crippen LogP contribution in [0.3, 0.4) is 0 Å². The molecule has 0 saturated carbocycles. The van der Waals surface area contributed by atoms with Crippen molar-refractivity contribution in [2.75, 3.05) is 6.54 Å². The van der Waals surface area contributed by atoms with E-state index in [0.717, 1.165) is 0 Å². The maximum absolute atomic E-state index is 12.4. The minimum atomic E-state index is -3.88. The second-order valence-corrected chi connectivity index (χ2v) is 6.91. The van der Waals surface area contributed by atoms with Gasteiger partial charge in [-0.15, -0.1) is 0 Å². The van der Waals surface area contributed by atoms with Gasteiger partial charge >= 0.3 is 5.97 Å². The number of aromatic nitrogens is 2. The topological polar surface area (TPSA) is 130 Å². The standard InChI is InChI=1S/C13H22N4O5S/c1-8-12(10(3)17(4)15-8)23(21,22)16-9(2)13(20)14-7-5-6-11(18)19/h9,16H,5-7H2,1-4H3,(H,14,20)(H,18,19). The Morgan fingerprint density at radius 3 is 2.43 bits per heavy atom. The predicted octanol–water partition coefficient (Wildman–Crippen LogP) is -0.315. The first kappa shape index (κ1) is 19.1. The van der Waals surface area contributed by atoms with Crippen LogP contribution in [0.15, 0.2) is 4.90 Å². The lowest BCUT2D eigenvalue weighted by Crippen LogP contribution is -2.45. The summed E-state index contributed by atoms with van der Waals surface area (Å²) in [5.74, 6) is -1.46. The molecule has 9 nitrogen and oxygen atoms in total. The van der Waals surface area contributed by atoms with E-state index in [2.05, 4.69) is 15.1 Å². The second-order valence-electron chi connectivity index (χ2n) is 5.25. The fourth-order valence-electron chi connectivity index (χ4n) is 2.09. The number of carbonyl (C=O) groups excluding carboxylic acids is 1. The van der Waals surface area contributed by atoms with Crippen LogP contribution in [0.25, 0.3) is 0 Å². The van der Waals surface area contributed by atoms with Crippen LogP contribution in [-0.4, -0.2) is 47.8 Å². The summed E-state index contributed by atoms with van der Waals surface area (Å²) in [7, 11) is -2.24. The van der Waals surface area contributed by atoms with Crippen LogP contribution in [0.2, 0.25) is 0 Å². The first-order valence-corrected chi connectivity index (χ1v) is 8.56. The number of aryl methyl sites for hydroxylation is 2. The van der Waals surface area contributed by atoms with Crippen LogP contribution in [0, 0.1) is 13.8 Å². The highest BCUT2D eigenvalue weighted by atomic mass is 32.2. The molecule has 0 aliphatic rings. The van der Waals surface area contributed by atoms with Crippen LogP contribution in [0.1, 0.15) is 31.2 Å². The fourth-order valence-corrected chi connectivity index (χ4v) is 3.73. The molecular weight excluding hydrogens is 324 g/mol. The van der Waals surface area contributed by atoms with Gasteiger partial charge in [-0.3, -0.25) is 14.3 Å². The van der Waals surface area contributed by atoms with Crippen molar-refractivity contribution < 1.29 is 23.1 Å². The molecule has 1 aromatic rings. The average molecular weight is 346 g/mol. The molecule has 0 radical (unpaired) electrons. The van der Waals surface area contributed by atoms with Gasteiger partial charge in [-0.05, 0) is 27.2 Å². The van der Waals surface area contributed by atoms with E-state index in [0.29, 0.717) is 11.4 Å². The molecule has 0 aliphatic heterocycles. The molecule has 23 heavy (non-hydrogen) atoms. The molecule has 1 aromatic heterocycles. The number of nitrogens with zero attached hydrogens (tertiary/aromatic N) is 2. The van der Waals surface area contributed by atoms with Gasteiger partial charge in [0, 0.05) is 20.0 Å². The van der Waals surface area contributed by atoms with Crippen molar-refractivity contribution in [3.05, 3.63) is 11.4 Å². The zero-order valence-electron chi connectivity index (χ0n) is 13.6. The van der Waals surface area contributed by atoms with Gasteiger partial charge in [0.1, 0.15) is 4.90 Å². The predicted molar refractivity (Wildman–Crippen MR) is 82.3 cm³/mol. The van der Waals surface area contributed by atoms with Crippen LogP contribution < -0.4 is 10.0 Å². The normalized spacial score (nSPS) is 12.9. The SMILES string of the molecule is Cc1nn(C)c(C)c1S(=O)(=O)NC(C)C(=O)NCCCC(=O)O. The van der Waals surface area contributed by atoms with Gasteiger partial charge in [0.2, 0.25) is 15.9 Å². The third kappa shape index (κ3) is 5.03. The highest BCUT2D eigenvalue weighted by Gasteiger charge is 2.27. The molecular formula is C13H22N4O5S. The Morgan fingerprint density at radius 1 is 1.35 bits per heavy atom. The van der Waals surface area contributed by atoms with Gasteiger partial charge in [-0.1, -0.05) is 0 Å². The van der Waals surface area contributed by atoms with Gasteiger partial charge < -0.3 is 10.4 Å². The molecule has 130 valence electrons. The van der Waals surface area contributed by atoms with Crippen molar-refractivity contribution >= 4 is 21.9 Å². The van der Waals surface area contributed by atoms with Gasteiger partial charge in [-0.25, -0.2) is 8.42 Å². The summed E-state index contributed by atoms with van der Waals surface area (Å²) in [6, 6.07) is -0.983.